The van der Waals surface area contributed by atoms with Gasteiger partial charge in [-0.15, -0.1) is 0 Å². The maximum atomic E-state index is 12.6. The standard InChI is InChI=1S/C11H18FNO2/c1-14-9-11-2-4-15-5-3-13(11)8-10(6-11)7-12/h7H,2-6,8-9H2,1H3/b10-7+/t11-/m0/s1. The minimum Gasteiger partial charge on any atom is -0.383 e. The van der Waals surface area contributed by atoms with E-state index in [2.05, 4.69) is 4.90 Å². The average molecular weight is 215 g/mol. The molecule has 15 heavy (non-hydrogen) atoms. The van der Waals surface area contributed by atoms with Gasteiger partial charge in [-0.2, -0.15) is 0 Å². The quantitative estimate of drug-likeness (QED) is 0.694. The summed E-state index contributed by atoms with van der Waals surface area (Å²) in [7, 11) is 1.70. The number of methoxy groups -OCH3 is 1. The Morgan fingerprint density at radius 1 is 1.60 bits per heavy atom. The molecule has 2 aliphatic heterocycles. The summed E-state index contributed by atoms with van der Waals surface area (Å²) in [6.45, 7) is 3.75. The molecule has 0 aliphatic carbocycles. The second kappa shape index (κ2) is 4.60. The molecule has 2 saturated heterocycles. The third-order valence-electron chi connectivity index (χ3n) is 3.41. The second-order valence-corrected chi connectivity index (χ2v) is 4.39. The Kier molecular flexibility index (Phi) is 3.38. The van der Waals surface area contributed by atoms with Crippen molar-refractivity contribution in [3.63, 3.8) is 0 Å². The van der Waals surface area contributed by atoms with Crippen molar-refractivity contribution < 1.29 is 13.9 Å². The van der Waals surface area contributed by atoms with E-state index in [9.17, 15) is 4.39 Å². The molecule has 2 rings (SSSR count). The van der Waals surface area contributed by atoms with Gasteiger partial charge in [0.15, 0.2) is 0 Å². The fraction of sp³-hybridized carbons (Fsp3) is 0.818. The van der Waals surface area contributed by atoms with E-state index < -0.39 is 0 Å². The van der Waals surface area contributed by atoms with E-state index in [1.165, 1.54) is 0 Å². The molecule has 2 aliphatic rings. The molecule has 0 radical (unpaired) electrons. The Morgan fingerprint density at radius 2 is 2.47 bits per heavy atom. The van der Waals surface area contributed by atoms with Crippen LogP contribution in [0.4, 0.5) is 4.39 Å². The predicted octanol–water partition coefficient (Wildman–Crippen LogP) is 1.35. The Bertz CT molecular complexity index is 257. The van der Waals surface area contributed by atoms with Crippen LogP contribution in [0.3, 0.4) is 0 Å². The monoisotopic (exact) mass is 215 g/mol. The van der Waals surface area contributed by atoms with Crippen molar-refractivity contribution >= 4 is 0 Å². The molecule has 0 N–H and O–H groups in total. The van der Waals surface area contributed by atoms with E-state index >= 15 is 0 Å². The molecule has 0 saturated carbocycles. The number of fused-ring (bicyclic) bond motifs is 1. The van der Waals surface area contributed by atoms with Crippen molar-refractivity contribution in [2.75, 3.05) is 40.0 Å². The lowest BCUT2D eigenvalue weighted by Crippen LogP contribution is -2.47. The van der Waals surface area contributed by atoms with E-state index in [0.29, 0.717) is 6.61 Å². The lowest BCUT2D eigenvalue weighted by Gasteiger charge is -2.35. The summed E-state index contributed by atoms with van der Waals surface area (Å²) in [5, 5.41) is 0. The Balaban J connectivity index is 2.17. The summed E-state index contributed by atoms with van der Waals surface area (Å²) in [5.41, 5.74) is 0.859. The van der Waals surface area contributed by atoms with E-state index in [1.807, 2.05) is 0 Å². The van der Waals surface area contributed by atoms with E-state index in [-0.39, 0.29) is 5.54 Å². The Labute approximate surface area is 89.8 Å². The van der Waals surface area contributed by atoms with Crippen LogP contribution in [0, 0.1) is 0 Å². The van der Waals surface area contributed by atoms with Crippen LogP contribution in [0.2, 0.25) is 0 Å². The highest BCUT2D eigenvalue weighted by atomic mass is 19.1. The van der Waals surface area contributed by atoms with E-state index in [0.717, 1.165) is 51.0 Å². The highest BCUT2D eigenvalue weighted by Gasteiger charge is 2.43. The zero-order chi connectivity index (χ0) is 10.7. The van der Waals surface area contributed by atoms with Gasteiger partial charge in [-0.1, -0.05) is 0 Å². The highest BCUT2D eigenvalue weighted by Crippen LogP contribution is 2.37. The maximum Gasteiger partial charge on any atom is 0.0872 e. The Morgan fingerprint density at radius 3 is 3.20 bits per heavy atom. The molecule has 0 spiro atoms. The third-order valence-corrected chi connectivity index (χ3v) is 3.41. The van der Waals surface area contributed by atoms with Crippen molar-refractivity contribution in [1.82, 2.24) is 4.90 Å². The maximum absolute atomic E-state index is 12.6. The van der Waals surface area contributed by atoms with Gasteiger partial charge in [-0.05, 0) is 18.4 Å². The topological polar surface area (TPSA) is 21.7 Å². The van der Waals surface area contributed by atoms with Crippen LogP contribution in [0.15, 0.2) is 11.9 Å². The molecule has 4 heteroatoms. The van der Waals surface area contributed by atoms with Crippen molar-refractivity contribution in [2.45, 2.75) is 18.4 Å². The number of hydrogen-bond acceptors (Lipinski definition) is 3. The van der Waals surface area contributed by atoms with Crippen LogP contribution < -0.4 is 0 Å². The molecule has 0 aromatic heterocycles. The summed E-state index contributed by atoms with van der Waals surface area (Å²) in [5.74, 6) is 0. The van der Waals surface area contributed by atoms with Crippen molar-refractivity contribution in [2.24, 2.45) is 0 Å². The molecule has 0 aromatic carbocycles. The van der Waals surface area contributed by atoms with Gasteiger partial charge in [0, 0.05) is 26.8 Å². The molecular formula is C11H18FNO2. The number of rotatable bonds is 2. The number of hydrogen-bond donors (Lipinski definition) is 0. The molecule has 0 unspecified atom stereocenters. The van der Waals surface area contributed by atoms with Crippen LogP contribution in [0.5, 0.6) is 0 Å². The first-order chi connectivity index (χ1) is 7.30. The van der Waals surface area contributed by atoms with Crippen LogP contribution in [-0.4, -0.2) is 50.5 Å². The molecule has 3 nitrogen and oxygen atoms in total. The van der Waals surface area contributed by atoms with E-state index in [1.54, 1.807) is 7.11 Å². The van der Waals surface area contributed by atoms with Crippen molar-refractivity contribution in [1.29, 1.82) is 0 Å². The van der Waals surface area contributed by atoms with Gasteiger partial charge in [-0.3, -0.25) is 4.90 Å². The van der Waals surface area contributed by atoms with Crippen molar-refractivity contribution in [3.05, 3.63) is 11.9 Å². The predicted molar refractivity (Wildman–Crippen MR) is 55.4 cm³/mol. The van der Waals surface area contributed by atoms with Gasteiger partial charge in [0.05, 0.1) is 25.1 Å². The van der Waals surface area contributed by atoms with Gasteiger partial charge in [0.25, 0.3) is 0 Å². The summed E-state index contributed by atoms with van der Waals surface area (Å²) in [4.78, 5) is 2.30. The van der Waals surface area contributed by atoms with Gasteiger partial charge in [-0.25, -0.2) is 4.39 Å². The Hall–Kier alpha value is -0.450. The number of halogens is 1. The van der Waals surface area contributed by atoms with Crippen LogP contribution in [0.1, 0.15) is 12.8 Å². The largest absolute Gasteiger partial charge is 0.383 e. The summed E-state index contributed by atoms with van der Waals surface area (Å²) in [6.07, 6.45) is 2.46. The minimum absolute atomic E-state index is 0.0246. The fourth-order valence-electron chi connectivity index (χ4n) is 2.66. The van der Waals surface area contributed by atoms with Gasteiger partial charge < -0.3 is 9.47 Å². The van der Waals surface area contributed by atoms with E-state index in [4.69, 9.17) is 9.47 Å². The molecule has 0 amide bonds. The first-order valence-electron chi connectivity index (χ1n) is 5.40. The molecule has 0 bridgehead atoms. The van der Waals surface area contributed by atoms with Crippen LogP contribution in [-0.2, 0) is 9.47 Å². The summed E-state index contributed by atoms with van der Waals surface area (Å²) >= 11 is 0. The van der Waals surface area contributed by atoms with Crippen LogP contribution in [0.25, 0.3) is 0 Å². The smallest absolute Gasteiger partial charge is 0.0872 e. The molecule has 1 atom stereocenters. The second-order valence-electron chi connectivity index (χ2n) is 4.39. The van der Waals surface area contributed by atoms with Gasteiger partial charge in [0.1, 0.15) is 0 Å². The normalized spacial score (nSPS) is 35.5. The van der Waals surface area contributed by atoms with Gasteiger partial charge >= 0.3 is 0 Å². The zero-order valence-corrected chi connectivity index (χ0v) is 9.17. The fourth-order valence-corrected chi connectivity index (χ4v) is 2.66. The molecule has 0 aromatic rings. The molecular weight excluding hydrogens is 197 g/mol. The van der Waals surface area contributed by atoms with Crippen LogP contribution >= 0.6 is 0 Å². The average Bonchev–Trinajstić information content (AvgIpc) is 2.47. The lowest BCUT2D eigenvalue weighted by atomic mass is 9.92. The molecule has 2 fully saturated rings. The zero-order valence-electron chi connectivity index (χ0n) is 9.17. The minimum atomic E-state index is -0.0246. The van der Waals surface area contributed by atoms with Gasteiger partial charge in [0.2, 0.25) is 0 Å². The first-order valence-corrected chi connectivity index (χ1v) is 5.40. The highest BCUT2D eigenvalue weighted by molar-refractivity contribution is 5.17. The first kappa shape index (κ1) is 11.0. The molecule has 86 valence electrons. The third kappa shape index (κ3) is 2.07. The number of nitrogens with zero attached hydrogens (tertiary/aromatic N) is 1. The molecule has 2 heterocycles. The summed E-state index contributed by atoms with van der Waals surface area (Å²) < 4.78 is 23.3. The lowest BCUT2D eigenvalue weighted by molar-refractivity contribution is 0.0407. The van der Waals surface area contributed by atoms with Crippen molar-refractivity contribution in [3.8, 4) is 0 Å². The summed E-state index contributed by atoms with van der Waals surface area (Å²) in [6, 6.07) is 0. The number of ether oxygens (including phenoxy) is 2. The SMILES string of the molecule is COC[C@@]12CCOCCN1C/C(=C/F)C2.